The summed E-state index contributed by atoms with van der Waals surface area (Å²) in [5.74, 6) is -1.60. The van der Waals surface area contributed by atoms with Gasteiger partial charge in [-0.15, -0.1) is 23.1 Å². The topological polar surface area (TPSA) is 115 Å². The van der Waals surface area contributed by atoms with E-state index in [4.69, 9.17) is 9.15 Å². The highest BCUT2D eigenvalue weighted by molar-refractivity contribution is 7.98. The van der Waals surface area contributed by atoms with Gasteiger partial charge in [0.1, 0.15) is 4.88 Å². The van der Waals surface area contributed by atoms with Crippen molar-refractivity contribution in [1.82, 2.24) is 0 Å². The third-order valence-electron chi connectivity index (χ3n) is 4.25. The molecule has 166 valence electrons. The molecule has 0 radical (unpaired) electrons. The molecule has 0 aliphatic heterocycles. The molecule has 10 heteroatoms. The third-order valence-corrected chi connectivity index (χ3v) is 6.18. The first-order chi connectivity index (χ1) is 15.3. The zero-order valence-electron chi connectivity index (χ0n) is 17.5. The van der Waals surface area contributed by atoms with Crippen molar-refractivity contribution in [2.75, 3.05) is 23.5 Å². The van der Waals surface area contributed by atoms with Gasteiger partial charge in [-0.3, -0.25) is 14.4 Å². The van der Waals surface area contributed by atoms with Crippen molar-refractivity contribution in [1.29, 1.82) is 0 Å². The maximum absolute atomic E-state index is 12.5. The number of nitrogens with one attached hydrogen (secondary N) is 2. The summed E-state index contributed by atoms with van der Waals surface area (Å²) >= 11 is 2.48. The first-order valence-corrected chi connectivity index (χ1v) is 11.4. The van der Waals surface area contributed by atoms with Crippen LogP contribution in [-0.4, -0.2) is 36.4 Å². The van der Waals surface area contributed by atoms with Gasteiger partial charge in [-0.05, 0) is 49.1 Å². The van der Waals surface area contributed by atoms with Crippen LogP contribution in [0, 0.1) is 6.92 Å². The molecule has 3 rings (SSSR count). The van der Waals surface area contributed by atoms with Gasteiger partial charge in [0.05, 0.1) is 17.0 Å². The standard InChI is InChI=1S/C22H20N2O6S2/c1-12-9-19(24-21(27)17-5-4-8-29-17)32-20(12)22(28)30-11-16(26)14-6-7-18(31-3)15(10-14)23-13(2)25/h4-10H,11H2,1-3H3,(H,23,25)(H,24,27). The molecule has 2 aromatic heterocycles. The summed E-state index contributed by atoms with van der Waals surface area (Å²) in [5, 5.41) is 5.80. The summed E-state index contributed by atoms with van der Waals surface area (Å²) in [7, 11) is 0. The van der Waals surface area contributed by atoms with Gasteiger partial charge in [0.15, 0.2) is 18.2 Å². The van der Waals surface area contributed by atoms with Gasteiger partial charge in [-0.25, -0.2) is 4.79 Å². The number of hydrogen-bond acceptors (Lipinski definition) is 8. The summed E-state index contributed by atoms with van der Waals surface area (Å²) in [6, 6.07) is 9.67. The number of hydrogen-bond donors (Lipinski definition) is 2. The number of amides is 2. The molecule has 0 bridgehead atoms. The minimum atomic E-state index is -0.665. The Kier molecular flexibility index (Phi) is 7.49. The van der Waals surface area contributed by atoms with E-state index in [9.17, 15) is 19.2 Å². The molecule has 0 aliphatic carbocycles. The second kappa shape index (κ2) is 10.3. The average Bonchev–Trinajstić information content (AvgIpc) is 3.41. The number of thiophene rings is 1. The number of ketones is 1. The molecule has 2 heterocycles. The molecule has 1 aromatic carbocycles. The van der Waals surface area contributed by atoms with Crippen LogP contribution in [0.1, 0.15) is 43.1 Å². The van der Waals surface area contributed by atoms with Crippen molar-refractivity contribution in [3.8, 4) is 0 Å². The molecule has 0 aliphatic rings. The van der Waals surface area contributed by atoms with Crippen LogP contribution in [0.3, 0.4) is 0 Å². The fourth-order valence-electron chi connectivity index (χ4n) is 2.78. The molecule has 2 N–H and O–H groups in total. The Labute approximate surface area is 192 Å². The van der Waals surface area contributed by atoms with Crippen LogP contribution in [0.4, 0.5) is 10.7 Å². The molecule has 32 heavy (non-hydrogen) atoms. The lowest BCUT2D eigenvalue weighted by atomic mass is 10.1. The molecule has 0 saturated carbocycles. The number of benzene rings is 1. The van der Waals surface area contributed by atoms with Crippen LogP contribution >= 0.6 is 23.1 Å². The van der Waals surface area contributed by atoms with Crippen LogP contribution in [0.15, 0.2) is 52.0 Å². The maximum Gasteiger partial charge on any atom is 0.349 e. The lowest BCUT2D eigenvalue weighted by Crippen LogP contribution is -2.15. The smallest absolute Gasteiger partial charge is 0.349 e. The van der Waals surface area contributed by atoms with Gasteiger partial charge in [0.25, 0.3) is 5.91 Å². The van der Waals surface area contributed by atoms with E-state index in [-0.39, 0.29) is 16.5 Å². The summed E-state index contributed by atoms with van der Waals surface area (Å²) in [4.78, 5) is 49.6. The van der Waals surface area contributed by atoms with E-state index in [0.717, 1.165) is 16.2 Å². The Morgan fingerprint density at radius 1 is 1.12 bits per heavy atom. The van der Waals surface area contributed by atoms with Crippen LogP contribution in [0.5, 0.6) is 0 Å². The number of aryl methyl sites for hydroxylation is 1. The summed E-state index contributed by atoms with van der Waals surface area (Å²) in [6.45, 7) is 2.63. The molecule has 0 atom stereocenters. The van der Waals surface area contributed by atoms with Gasteiger partial charge < -0.3 is 19.8 Å². The lowest BCUT2D eigenvalue weighted by Gasteiger charge is -2.10. The second-order valence-corrected chi connectivity index (χ2v) is 8.55. The monoisotopic (exact) mass is 472 g/mol. The lowest BCUT2D eigenvalue weighted by molar-refractivity contribution is -0.114. The average molecular weight is 473 g/mol. The predicted octanol–water partition coefficient (Wildman–Crippen LogP) is 4.62. The Bertz CT molecular complexity index is 1170. The van der Waals surface area contributed by atoms with Crippen molar-refractivity contribution in [3.05, 3.63) is 64.4 Å². The molecule has 0 fully saturated rings. The van der Waals surface area contributed by atoms with Gasteiger partial charge in [0, 0.05) is 17.4 Å². The molecule has 3 aromatic rings. The van der Waals surface area contributed by atoms with Crippen molar-refractivity contribution in [3.63, 3.8) is 0 Å². The summed E-state index contributed by atoms with van der Waals surface area (Å²) in [5.41, 5.74) is 1.45. The largest absolute Gasteiger partial charge is 0.459 e. The number of rotatable bonds is 8. The Hall–Kier alpha value is -3.37. The Morgan fingerprint density at radius 2 is 1.91 bits per heavy atom. The van der Waals surface area contributed by atoms with Crippen LogP contribution in [0.2, 0.25) is 0 Å². The zero-order valence-corrected chi connectivity index (χ0v) is 19.1. The van der Waals surface area contributed by atoms with Crippen LogP contribution < -0.4 is 10.6 Å². The molecule has 0 spiro atoms. The fraction of sp³-hybridized carbons (Fsp3) is 0.182. The van der Waals surface area contributed by atoms with Crippen LogP contribution in [-0.2, 0) is 9.53 Å². The number of Topliss-reactive ketones (excluding diaryl/α,β-unsaturated/α-hetero) is 1. The highest BCUT2D eigenvalue weighted by atomic mass is 32.2. The van der Waals surface area contributed by atoms with Gasteiger partial charge in [-0.2, -0.15) is 0 Å². The minimum Gasteiger partial charge on any atom is -0.459 e. The van der Waals surface area contributed by atoms with Gasteiger partial charge in [-0.1, -0.05) is 6.07 Å². The van der Waals surface area contributed by atoms with E-state index in [2.05, 4.69) is 10.6 Å². The molecule has 0 saturated heterocycles. The number of esters is 1. The first kappa shape index (κ1) is 23.3. The summed E-state index contributed by atoms with van der Waals surface area (Å²) < 4.78 is 10.2. The SMILES string of the molecule is CSc1ccc(C(=O)COC(=O)c2sc(NC(=O)c3ccco3)cc2C)cc1NC(C)=O. The molecule has 2 amide bonds. The number of furan rings is 1. The number of anilines is 2. The van der Waals surface area contributed by atoms with Gasteiger partial charge in [0.2, 0.25) is 5.91 Å². The molecule has 8 nitrogen and oxygen atoms in total. The van der Waals surface area contributed by atoms with Crippen molar-refractivity contribution < 1.29 is 28.3 Å². The highest BCUT2D eigenvalue weighted by Crippen LogP contribution is 2.29. The number of ether oxygens (including phenoxy) is 1. The van der Waals surface area contributed by atoms with Crippen LogP contribution in [0.25, 0.3) is 0 Å². The molecular formula is C22H20N2O6S2. The summed E-state index contributed by atoms with van der Waals surface area (Å²) in [6.07, 6.45) is 3.25. The molecular weight excluding hydrogens is 452 g/mol. The predicted molar refractivity (Wildman–Crippen MR) is 123 cm³/mol. The maximum atomic E-state index is 12.5. The van der Waals surface area contributed by atoms with E-state index in [1.54, 1.807) is 37.3 Å². The fourth-order valence-corrected chi connectivity index (χ4v) is 4.27. The van der Waals surface area contributed by atoms with Crippen molar-refractivity contribution >= 4 is 57.4 Å². The van der Waals surface area contributed by atoms with Crippen molar-refractivity contribution in [2.24, 2.45) is 0 Å². The number of thioether (sulfide) groups is 1. The van der Waals surface area contributed by atoms with E-state index < -0.39 is 24.3 Å². The number of carbonyl (C=O) groups excluding carboxylic acids is 4. The quantitative estimate of drug-likeness (QED) is 0.279. The van der Waals surface area contributed by atoms with E-state index in [1.807, 2.05) is 6.26 Å². The Balaban J connectivity index is 1.64. The third kappa shape index (κ3) is 5.65. The molecule has 0 unspecified atom stereocenters. The number of carbonyl (C=O) groups is 4. The first-order valence-electron chi connectivity index (χ1n) is 9.39. The normalized spacial score (nSPS) is 10.5. The zero-order chi connectivity index (χ0) is 23.3. The van der Waals surface area contributed by atoms with Crippen molar-refractivity contribution in [2.45, 2.75) is 18.7 Å². The van der Waals surface area contributed by atoms with E-state index in [0.29, 0.717) is 21.8 Å². The van der Waals surface area contributed by atoms with E-state index in [1.165, 1.54) is 31.0 Å². The van der Waals surface area contributed by atoms with E-state index >= 15 is 0 Å². The van der Waals surface area contributed by atoms with Gasteiger partial charge >= 0.3 is 5.97 Å². The Morgan fingerprint density at radius 3 is 2.56 bits per heavy atom. The minimum absolute atomic E-state index is 0.150. The second-order valence-electron chi connectivity index (χ2n) is 6.65. The highest BCUT2D eigenvalue weighted by Gasteiger charge is 2.19.